The second-order valence-electron chi connectivity index (χ2n) is 7.12. The van der Waals surface area contributed by atoms with Gasteiger partial charge in [-0.2, -0.15) is 0 Å². The van der Waals surface area contributed by atoms with Gasteiger partial charge in [-0.1, -0.05) is 24.3 Å². The molecule has 3 aromatic carbocycles. The summed E-state index contributed by atoms with van der Waals surface area (Å²) in [5.41, 5.74) is 2.21. The Balaban J connectivity index is 1.74. The molecule has 0 heterocycles. The zero-order chi connectivity index (χ0) is 18.7. The Labute approximate surface area is 153 Å². The molecular formula is C22H23NO3. The Morgan fingerprint density at radius 1 is 0.962 bits per heavy atom. The van der Waals surface area contributed by atoms with E-state index in [2.05, 4.69) is 17.4 Å². The minimum Gasteiger partial charge on any atom is -0.497 e. The lowest BCUT2D eigenvalue weighted by atomic mass is 9.86. The number of hydrogen-bond donors (Lipinski definition) is 2. The summed E-state index contributed by atoms with van der Waals surface area (Å²) in [4.78, 5) is 11.3. The predicted molar refractivity (Wildman–Crippen MR) is 105 cm³/mol. The first-order chi connectivity index (χ1) is 12.4. The number of benzene rings is 3. The molecule has 0 fully saturated rings. The summed E-state index contributed by atoms with van der Waals surface area (Å²) >= 11 is 0. The number of ether oxygens (including phenoxy) is 1. The minimum absolute atomic E-state index is 0.500. The van der Waals surface area contributed by atoms with Crippen LogP contribution in [0.2, 0.25) is 0 Å². The molecular weight excluding hydrogens is 326 g/mol. The fourth-order valence-corrected chi connectivity index (χ4v) is 2.89. The molecule has 0 saturated heterocycles. The molecule has 2 N–H and O–H groups in total. The predicted octanol–water partition coefficient (Wildman–Crippen LogP) is 5.25. The molecule has 26 heavy (non-hydrogen) atoms. The summed E-state index contributed by atoms with van der Waals surface area (Å²) < 4.78 is 5.26. The van der Waals surface area contributed by atoms with Gasteiger partial charge in [0.15, 0.2) is 0 Å². The molecule has 134 valence electrons. The van der Waals surface area contributed by atoms with Gasteiger partial charge in [-0.25, -0.2) is 0 Å². The Kier molecular flexibility index (Phi) is 4.85. The van der Waals surface area contributed by atoms with E-state index in [1.165, 1.54) is 0 Å². The van der Waals surface area contributed by atoms with Crippen LogP contribution in [0.1, 0.15) is 19.4 Å². The van der Waals surface area contributed by atoms with Gasteiger partial charge in [0.25, 0.3) is 0 Å². The van der Waals surface area contributed by atoms with E-state index in [0.717, 1.165) is 33.5 Å². The highest BCUT2D eigenvalue weighted by atomic mass is 16.5. The lowest BCUT2D eigenvalue weighted by Gasteiger charge is -2.19. The van der Waals surface area contributed by atoms with E-state index >= 15 is 0 Å². The fraction of sp³-hybridized carbons (Fsp3) is 0.227. The van der Waals surface area contributed by atoms with Crippen molar-refractivity contribution < 1.29 is 14.6 Å². The third-order valence-electron chi connectivity index (χ3n) is 4.52. The molecule has 3 rings (SSSR count). The summed E-state index contributed by atoms with van der Waals surface area (Å²) in [6, 6.07) is 20.1. The summed E-state index contributed by atoms with van der Waals surface area (Å²) in [5.74, 6) is 0.0607. The maximum Gasteiger partial charge on any atom is 0.309 e. The lowest BCUT2D eigenvalue weighted by molar-refractivity contribution is -0.146. The Morgan fingerprint density at radius 2 is 1.58 bits per heavy atom. The molecule has 0 aliphatic carbocycles. The SMILES string of the molecule is COc1ccc2cc(Nc3ccc(CC(C)(C)C(=O)O)cc3)ccc2c1. The first-order valence-corrected chi connectivity index (χ1v) is 8.54. The molecule has 0 bridgehead atoms. The minimum atomic E-state index is -0.785. The molecule has 0 amide bonds. The number of rotatable bonds is 6. The highest BCUT2D eigenvalue weighted by molar-refractivity contribution is 5.87. The number of anilines is 2. The van der Waals surface area contributed by atoms with E-state index in [1.54, 1.807) is 21.0 Å². The van der Waals surface area contributed by atoms with Crippen molar-refractivity contribution >= 4 is 28.1 Å². The van der Waals surface area contributed by atoms with Crippen LogP contribution >= 0.6 is 0 Å². The van der Waals surface area contributed by atoms with Crippen LogP contribution in [0.15, 0.2) is 60.7 Å². The van der Waals surface area contributed by atoms with Gasteiger partial charge in [0.1, 0.15) is 5.75 Å². The van der Waals surface area contributed by atoms with Gasteiger partial charge in [0, 0.05) is 11.4 Å². The normalized spacial score (nSPS) is 11.3. The second-order valence-corrected chi connectivity index (χ2v) is 7.12. The molecule has 0 aliphatic heterocycles. The highest BCUT2D eigenvalue weighted by Crippen LogP contribution is 2.27. The van der Waals surface area contributed by atoms with Gasteiger partial charge in [-0.3, -0.25) is 4.79 Å². The van der Waals surface area contributed by atoms with Crippen LogP contribution in [0.3, 0.4) is 0 Å². The molecule has 0 saturated carbocycles. The highest BCUT2D eigenvalue weighted by Gasteiger charge is 2.27. The fourth-order valence-electron chi connectivity index (χ4n) is 2.89. The lowest BCUT2D eigenvalue weighted by Crippen LogP contribution is -2.26. The number of carboxylic acids is 1. The number of hydrogen-bond acceptors (Lipinski definition) is 3. The molecule has 0 spiro atoms. The van der Waals surface area contributed by atoms with E-state index in [4.69, 9.17) is 4.74 Å². The first kappa shape index (κ1) is 17.8. The van der Waals surface area contributed by atoms with Gasteiger partial charge >= 0.3 is 5.97 Å². The summed E-state index contributed by atoms with van der Waals surface area (Å²) in [7, 11) is 1.67. The topological polar surface area (TPSA) is 58.6 Å². The van der Waals surface area contributed by atoms with Gasteiger partial charge in [0.05, 0.1) is 12.5 Å². The zero-order valence-corrected chi connectivity index (χ0v) is 15.2. The van der Waals surface area contributed by atoms with E-state index in [9.17, 15) is 9.90 Å². The van der Waals surface area contributed by atoms with Gasteiger partial charge in [0.2, 0.25) is 0 Å². The number of fused-ring (bicyclic) bond motifs is 1. The first-order valence-electron chi connectivity index (χ1n) is 8.54. The van der Waals surface area contributed by atoms with E-state index in [0.29, 0.717) is 6.42 Å². The Morgan fingerprint density at radius 3 is 2.23 bits per heavy atom. The zero-order valence-electron chi connectivity index (χ0n) is 15.2. The van der Waals surface area contributed by atoms with Crippen molar-refractivity contribution in [1.82, 2.24) is 0 Å². The molecule has 4 nitrogen and oxygen atoms in total. The average Bonchev–Trinajstić information content (AvgIpc) is 2.62. The monoisotopic (exact) mass is 349 g/mol. The number of nitrogens with one attached hydrogen (secondary N) is 1. The number of carboxylic acid groups (broad SMARTS) is 1. The molecule has 0 aromatic heterocycles. The molecule has 0 atom stereocenters. The molecule has 0 unspecified atom stereocenters. The largest absolute Gasteiger partial charge is 0.497 e. The smallest absolute Gasteiger partial charge is 0.309 e. The Bertz CT molecular complexity index is 930. The molecule has 0 radical (unpaired) electrons. The van der Waals surface area contributed by atoms with Crippen LogP contribution in [0.5, 0.6) is 5.75 Å². The van der Waals surface area contributed by atoms with Crippen molar-refractivity contribution in [3.63, 3.8) is 0 Å². The maximum atomic E-state index is 11.3. The summed E-state index contributed by atoms with van der Waals surface area (Å²) in [5, 5.41) is 14.9. The number of methoxy groups -OCH3 is 1. The molecule has 4 heteroatoms. The van der Waals surface area contributed by atoms with Crippen LogP contribution in [0.25, 0.3) is 10.8 Å². The number of aliphatic carboxylic acids is 1. The van der Waals surface area contributed by atoms with Crippen LogP contribution in [0.4, 0.5) is 11.4 Å². The van der Waals surface area contributed by atoms with Crippen molar-refractivity contribution in [3.8, 4) is 5.75 Å². The van der Waals surface area contributed by atoms with E-state index in [1.807, 2.05) is 48.5 Å². The standard InChI is InChI=1S/C22H23NO3/c1-22(2,21(24)25)14-15-4-8-18(9-5-15)23-19-10-6-17-13-20(26-3)11-7-16(17)12-19/h4-13,23H,14H2,1-3H3,(H,24,25). The molecule has 0 aliphatic rings. The van der Waals surface area contributed by atoms with Crippen molar-refractivity contribution in [2.75, 3.05) is 12.4 Å². The molecule has 3 aromatic rings. The van der Waals surface area contributed by atoms with Crippen molar-refractivity contribution in [1.29, 1.82) is 0 Å². The number of carbonyl (C=O) groups is 1. The quantitative estimate of drug-likeness (QED) is 0.638. The van der Waals surface area contributed by atoms with Crippen LogP contribution in [0, 0.1) is 5.41 Å². The second kappa shape index (κ2) is 7.08. The third kappa shape index (κ3) is 3.97. The maximum absolute atomic E-state index is 11.3. The summed E-state index contributed by atoms with van der Waals surface area (Å²) in [6.45, 7) is 3.48. The van der Waals surface area contributed by atoms with Crippen molar-refractivity contribution in [2.45, 2.75) is 20.3 Å². The van der Waals surface area contributed by atoms with Crippen molar-refractivity contribution in [3.05, 3.63) is 66.2 Å². The van der Waals surface area contributed by atoms with E-state index in [-0.39, 0.29) is 0 Å². The Hall–Kier alpha value is -3.01. The average molecular weight is 349 g/mol. The van der Waals surface area contributed by atoms with Gasteiger partial charge < -0.3 is 15.2 Å². The summed E-state index contributed by atoms with van der Waals surface area (Å²) in [6.07, 6.45) is 0.500. The van der Waals surface area contributed by atoms with Crippen LogP contribution < -0.4 is 10.1 Å². The third-order valence-corrected chi connectivity index (χ3v) is 4.52. The van der Waals surface area contributed by atoms with Crippen LogP contribution in [-0.2, 0) is 11.2 Å². The van der Waals surface area contributed by atoms with Crippen LogP contribution in [-0.4, -0.2) is 18.2 Å². The van der Waals surface area contributed by atoms with Crippen molar-refractivity contribution in [2.24, 2.45) is 5.41 Å². The van der Waals surface area contributed by atoms with Gasteiger partial charge in [-0.15, -0.1) is 0 Å². The van der Waals surface area contributed by atoms with Gasteiger partial charge in [-0.05, 0) is 73.0 Å². The van der Waals surface area contributed by atoms with E-state index < -0.39 is 11.4 Å².